The molecule has 1 N–H and O–H groups in total. The molecule has 0 atom stereocenters. The molecule has 0 aromatic heterocycles. The summed E-state index contributed by atoms with van der Waals surface area (Å²) in [5.74, 6) is -0.362. The monoisotopic (exact) mass is 650 g/mol. The first-order valence-corrected chi connectivity index (χ1v) is 14.9. The van der Waals surface area contributed by atoms with Crippen LogP contribution >= 0.6 is 0 Å². The van der Waals surface area contributed by atoms with Gasteiger partial charge in [-0.15, -0.1) is 5.06 Å². The van der Waals surface area contributed by atoms with Crippen LogP contribution in [0.25, 0.3) is 33.4 Å². The van der Waals surface area contributed by atoms with Crippen molar-refractivity contribution in [2.75, 3.05) is 58.2 Å². The molecule has 1 fully saturated rings. The normalized spacial score (nSPS) is 12.8. The first-order chi connectivity index (χ1) is 21.5. The minimum atomic E-state index is -0.650. The third-order valence-corrected chi connectivity index (χ3v) is 8.02. The Morgan fingerprint density at radius 2 is 1.74 bits per heavy atom. The van der Waals surface area contributed by atoms with Crippen LogP contribution in [0.2, 0.25) is 0 Å². The Hall–Kier alpha value is -4.77. The van der Waals surface area contributed by atoms with Crippen LogP contribution in [0.4, 0.5) is 11.4 Å². The number of aromatic hydroxyl groups is 1. The molecule has 0 unspecified atom stereocenters. The van der Waals surface area contributed by atoms with Gasteiger partial charge in [-0.2, -0.15) is 0 Å². The fourth-order valence-electron chi connectivity index (χ4n) is 5.55. The second kappa shape index (κ2) is 14.1. The Kier molecular flexibility index (Phi) is 10.5. The summed E-state index contributed by atoms with van der Waals surface area (Å²) in [6, 6.07) is 15.5. The van der Waals surface area contributed by atoms with Gasteiger partial charge in [-0.25, -0.2) is 9.37 Å². The number of phenolic OH excluding ortho intramolecular Hbond substituents is 1. The van der Waals surface area contributed by atoms with Gasteiger partial charge in [0.15, 0.2) is 0 Å². The minimum Gasteiger partial charge on any atom is -1.00 e. The molecule has 5 rings (SSSR count). The average Bonchev–Trinajstić information content (AvgIpc) is 3.33. The zero-order valence-corrected chi connectivity index (χ0v) is 27.7. The standard InChI is InChI=1S/C34H38N4O7.ClH/c1-7-37(16-8-9-33(42)45-38-31(40)14-15-32(38)41)26-20-27(39)25(19-30(26)43-6)34-23-12-10-21(35(2)3)17-28(23)44-29-18-22(36(4)5)11-13-24(29)34;/h10-13,17-20H,7-9,14-16H2,1-6H3;1H. The molecule has 2 aromatic rings. The number of halogens is 1. The van der Waals surface area contributed by atoms with Gasteiger partial charge in [-0.3, -0.25) is 9.59 Å². The molecule has 244 valence electrons. The number of methoxy groups -OCH3 is 1. The quantitative estimate of drug-likeness (QED) is 0.154. The number of amides is 2. The van der Waals surface area contributed by atoms with Gasteiger partial charge in [-0.05, 0) is 37.6 Å². The largest absolute Gasteiger partial charge is 1.00 e. The van der Waals surface area contributed by atoms with Crippen LogP contribution < -0.4 is 36.9 Å². The smallest absolute Gasteiger partial charge is 0.333 e. The number of benzene rings is 3. The van der Waals surface area contributed by atoms with E-state index in [4.69, 9.17) is 14.0 Å². The Balaban J connectivity index is 0.00000480. The van der Waals surface area contributed by atoms with E-state index in [1.54, 1.807) is 13.2 Å². The molecule has 12 heteroatoms. The lowest BCUT2D eigenvalue weighted by atomic mass is 9.92. The lowest BCUT2D eigenvalue weighted by molar-refractivity contribution is -0.197. The van der Waals surface area contributed by atoms with Crippen molar-refractivity contribution in [3.05, 3.63) is 53.9 Å². The van der Waals surface area contributed by atoms with Crippen molar-refractivity contribution in [2.24, 2.45) is 0 Å². The number of carbonyl (C=O) groups excluding carboxylic acids is 3. The van der Waals surface area contributed by atoms with E-state index in [0.717, 1.165) is 27.6 Å². The Labute approximate surface area is 273 Å². The number of nitrogens with zero attached hydrogens (tertiary/aromatic N) is 4. The summed E-state index contributed by atoms with van der Waals surface area (Å²) in [6.07, 6.45) is 0.501. The molecular weight excluding hydrogens is 612 g/mol. The topological polar surface area (TPSA) is 116 Å². The molecule has 2 amide bonds. The van der Waals surface area contributed by atoms with Gasteiger partial charge >= 0.3 is 5.97 Å². The molecule has 46 heavy (non-hydrogen) atoms. The van der Waals surface area contributed by atoms with Crippen molar-refractivity contribution in [2.45, 2.75) is 32.6 Å². The second-order valence-corrected chi connectivity index (χ2v) is 11.4. The number of anilines is 2. The van der Waals surface area contributed by atoms with Crippen molar-refractivity contribution in [3.8, 4) is 33.9 Å². The van der Waals surface area contributed by atoms with Crippen LogP contribution in [0.5, 0.6) is 11.5 Å². The highest BCUT2D eigenvalue weighted by Gasteiger charge is 2.32. The van der Waals surface area contributed by atoms with Gasteiger partial charge in [0.05, 0.1) is 18.9 Å². The molecule has 2 aromatic carbocycles. The van der Waals surface area contributed by atoms with E-state index < -0.39 is 17.8 Å². The SMILES string of the molecule is CCN(CCCC(=O)ON1C(=O)CCC1=O)c1cc(O)c(-c2c3ccc(=[N+](C)C)cc-3oc3cc(N(C)C)ccc23)cc1OC.[Cl-]. The maximum Gasteiger partial charge on any atom is 0.333 e. The number of hydrogen-bond acceptors (Lipinski definition) is 9. The number of hydrogen-bond donors (Lipinski definition) is 1. The van der Waals surface area contributed by atoms with Gasteiger partial charge in [0.25, 0.3) is 11.8 Å². The molecule has 3 aliphatic rings. The van der Waals surface area contributed by atoms with Crippen molar-refractivity contribution in [1.82, 2.24) is 9.64 Å². The Bertz CT molecular complexity index is 1810. The first-order valence-electron chi connectivity index (χ1n) is 14.9. The van der Waals surface area contributed by atoms with Crippen molar-refractivity contribution in [1.29, 1.82) is 0 Å². The predicted molar refractivity (Wildman–Crippen MR) is 172 cm³/mol. The summed E-state index contributed by atoms with van der Waals surface area (Å²) in [4.78, 5) is 44.9. The number of ether oxygens (including phenoxy) is 1. The summed E-state index contributed by atoms with van der Waals surface area (Å²) < 4.78 is 14.3. The summed E-state index contributed by atoms with van der Waals surface area (Å²) in [5, 5.41) is 14.0. The van der Waals surface area contributed by atoms with Gasteiger partial charge in [0.2, 0.25) is 5.36 Å². The highest BCUT2D eigenvalue weighted by atomic mass is 35.5. The maximum absolute atomic E-state index is 12.3. The summed E-state index contributed by atoms with van der Waals surface area (Å²) in [6.45, 7) is 2.98. The number of hydroxylamine groups is 2. The summed E-state index contributed by atoms with van der Waals surface area (Å²) in [7, 11) is 9.47. The highest BCUT2D eigenvalue weighted by molar-refractivity contribution is 6.04. The average molecular weight is 651 g/mol. The maximum atomic E-state index is 12.3. The minimum absolute atomic E-state index is 0. The van der Waals surface area contributed by atoms with Crippen LogP contribution in [-0.4, -0.2) is 76.3 Å². The van der Waals surface area contributed by atoms with E-state index in [-0.39, 0.29) is 37.4 Å². The van der Waals surface area contributed by atoms with E-state index in [0.29, 0.717) is 52.9 Å². The molecule has 1 aliphatic carbocycles. The third-order valence-electron chi connectivity index (χ3n) is 8.02. The van der Waals surface area contributed by atoms with Crippen LogP contribution in [0, 0.1) is 0 Å². The molecule has 2 heterocycles. The molecule has 11 nitrogen and oxygen atoms in total. The molecule has 1 saturated heterocycles. The lowest BCUT2D eigenvalue weighted by Gasteiger charge is -2.26. The predicted octanol–water partition coefficient (Wildman–Crippen LogP) is 1.23. The van der Waals surface area contributed by atoms with Gasteiger partial charge < -0.3 is 41.3 Å². The molecular formula is C34H39ClN4O7. The lowest BCUT2D eigenvalue weighted by Crippen LogP contribution is -3.00. The fraction of sp³-hybridized carbons (Fsp3) is 0.353. The highest BCUT2D eigenvalue weighted by Crippen LogP contribution is 2.47. The molecule has 0 saturated carbocycles. The number of rotatable bonds is 10. The van der Waals surface area contributed by atoms with E-state index in [2.05, 4.69) is 0 Å². The number of phenols is 1. The van der Waals surface area contributed by atoms with Crippen molar-refractivity contribution in [3.63, 3.8) is 0 Å². The Morgan fingerprint density at radius 1 is 1.02 bits per heavy atom. The zero-order chi connectivity index (χ0) is 32.4. The van der Waals surface area contributed by atoms with Crippen LogP contribution in [0.15, 0.2) is 52.9 Å². The van der Waals surface area contributed by atoms with Crippen molar-refractivity contribution >= 4 is 40.1 Å². The van der Waals surface area contributed by atoms with E-state index in [9.17, 15) is 19.5 Å². The fourth-order valence-corrected chi connectivity index (χ4v) is 5.55. The third kappa shape index (κ3) is 6.74. The van der Waals surface area contributed by atoms with Crippen molar-refractivity contribution < 1.29 is 45.9 Å². The van der Waals surface area contributed by atoms with Gasteiger partial charge in [0, 0.05) is 92.4 Å². The molecule has 0 radical (unpaired) electrons. The van der Waals surface area contributed by atoms with Crippen LogP contribution in [-0.2, 0) is 19.2 Å². The number of fused-ring (bicyclic) bond motifs is 2. The summed E-state index contributed by atoms with van der Waals surface area (Å²) >= 11 is 0. The number of carbonyl (C=O) groups is 3. The Morgan fingerprint density at radius 3 is 2.37 bits per heavy atom. The van der Waals surface area contributed by atoms with Gasteiger partial charge in [-0.1, -0.05) is 0 Å². The van der Waals surface area contributed by atoms with E-state index in [1.165, 1.54) is 0 Å². The molecule has 0 bridgehead atoms. The number of imide groups is 1. The second-order valence-electron chi connectivity index (χ2n) is 11.4. The summed E-state index contributed by atoms with van der Waals surface area (Å²) in [5.41, 5.74) is 4.59. The zero-order valence-electron chi connectivity index (χ0n) is 26.9. The first kappa shape index (κ1) is 34.1. The van der Waals surface area contributed by atoms with Crippen LogP contribution in [0.1, 0.15) is 32.6 Å². The van der Waals surface area contributed by atoms with E-state index in [1.807, 2.05) is 92.0 Å². The molecule has 2 aliphatic heterocycles. The van der Waals surface area contributed by atoms with Crippen LogP contribution in [0.3, 0.4) is 0 Å². The van der Waals surface area contributed by atoms with E-state index >= 15 is 0 Å². The molecule has 0 spiro atoms. The van der Waals surface area contributed by atoms with Gasteiger partial charge in [0.1, 0.15) is 36.9 Å².